The van der Waals surface area contributed by atoms with Crippen LogP contribution in [-0.4, -0.2) is 27.3 Å². The highest BCUT2D eigenvalue weighted by molar-refractivity contribution is 6.32. The molecule has 0 bridgehead atoms. The van der Waals surface area contributed by atoms with Gasteiger partial charge in [-0.05, 0) is 12.1 Å². The first-order chi connectivity index (χ1) is 8.29. The van der Waals surface area contributed by atoms with Crippen molar-refractivity contribution in [3.05, 3.63) is 35.2 Å². The third kappa shape index (κ3) is 3.01. The molecule has 17 heavy (non-hydrogen) atoms. The van der Waals surface area contributed by atoms with Crippen molar-refractivity contribution < 1.29 is 4.74 Å². The minimum Gasteiger partial charge on any atom is -0.467 e. The Hall–Kier alpha value is -1.95. The van der Waals surface area contributed by atoms with Gasteiger partial charge in [-0.25, -0.2) is 4.98 Å². The molecule has 88 valence electrons. The number of aromatic nitrogens is 4. The molecule has 0 aliphatic rings. The van der Waals surface area contributed by atoms with Crippen LogP contribution in [-0.2, 0) is 6.54 Å². The molecule has 6 nitrogen and oxygen atoms in total. The predicted molar refractivity (Wildman–Crippen MR) is 63.0 cm³/mol. The molecule has 2 heterocycles. The molecule has 0 radical (unpaired) electrons. The van der Waals surface area contributed by atoms with Crippen LogP contribution in [0, 0.1) is 0 Å². The van der Waals surface area contributed by atoms with Crippen molar-refractivity contribution in [3.8, 4) is 6.01 Å². The van der Waals surface area contributed by atoms with Crippen LogP contribution < -0.4 is 10.1 Å². The lowest BCUT2D eigenvalue weighted by molar-refractivity contribution is 0.380. The number of hydrogen-bond donors (Lipinski definition) is 1. The van der Waals surface area contributed by atoms with Crippen molar-refractivity contribution in [1.82, 2.24) is 20.2 Å². The highest BCUT2D eigenvalue weighted by Crippen LogP contribution is 2.20. The van der Waals surface area contributed by atoms with Crippen molar-refractivity contribution in [2.24, 2.45) is 0 Å². The summed E-state index contributed by atoms with van der Waals surface area (Å²) in [5.74, 6) is 0.504. The Morgan fingerprint density at radius 1 is 1.47 bits per heavy atom. The van der Waals surface area contributed by atoms with Crippen LogP contribution in [0.25, 0.3) is 0 Å². The maximum absolute atomic E-state index is 5.94. The largest absolute Gasteiger partial charge is 0.467 e. The van der Waals surface area contributed by atoms with E-state index in [1.54, 1.807) is 6.20 Å². The third-order valence-electron chi connectivity index (χ3n) is 1.97. The SMILES string of the molecule is COc1ncc(Cl)c(NCc2cccnn2)n1. The quantitative estimate of drug-likeness (QED) is 0.889. The van der Waals surface area contributed by atoms with Crippen molar-refractivity contribution in [1.29, 1.82) is 0 Å². The average molecular weight is 252 g/mol. The zero-order valence-corrected chi connectivity index (χ0v) is 9.85. The lowest BCUT2D eigenvalue weighted by Gasteiger charge is -2.07. The smallest absolute Gasteiger partial charge is 0.318 e. The van der Waals surface area contributed by atoms with Gasteiger partial charge < -0.3 is 10.1 Å². The Kier molecular flexibility index (Phi) is 3.66. The van der Waals surface area contributed by atoms with Gasteiger partial charge in [0.05, 0.1) is 25.5 Å². The Bertz CT molecular complexity index is 493. The standard InChI is InChI=1S/C10H10ClN5O/c1-17-10-13-6-8(11)9(15-10)12-5-7-3-2-4-14-16-7/h2-4,6H,5H2,1H3,(H,12,13,15). The molecule has 0 aliphatic heterocycles. The highest BCUT2D eigenvalue weighted by atomic mass is 35.5. The molecule has 0 atom stereocenters. The lowest BCUT2D eigenvalue weighted by atomic mass is 10.4. The molecule has 0 unspecified atom stereocenters. The molecular formula is C10H10ClN5O. The van der Waals surface area contributed by atoms with Crippen molar-refractivity contribution in [2.45, 2.75) is 6.54 Å². The summed E-state index contributed by atoms with van der Waals surface area (Å²) in [4.78, 5) is 7.96. The van der Waals surface area contributed by atoms with Gasteiger partial charge in [-0.1, -0.05) is 11.6 Å². The van der Waals surface area contributed by atoms with Gasteiger partial charge in [0.25, 0.3) is 0 Å². The maximum Gasteiger partial charge on any atom is 0.318 e. The number of methoxy groups -OCH3 is 1. The molecule has 0 amide bonds. The van der Waals surface area contributed by atoms with Crippen LogP contribution in [0.2, 0.25) is 5.02 Å². The van der Waals surface area contributed by atoms with E-state index in [0.717, 1.165) is 5.69 Å². The van der Waals surface area contributed by atoms with Gasteiger partial charge >= 0.3 is 6.01 Å². The van der Waals surface area contributed by atoms with E-state index in [0.29, 0.717) is 17.4 Å². The van der Waals surface area contributed by atoms with E-state index < -0.39 is 0 Å². The predicted octanol–water partition coefficient (Wildman–Crippen LogP) is 1.54. The minimum absolute atomic E-state index is 0.260. The molecule has 2 aromatic rings. The first-order valence-electron chi connectivity index (χ1n) is 4.86. The topological polar surface area (TPSA) is 72.8 Å². The molecule has 7 heteroatoms. The second-order valence-electron chi connectivity index (χ2n) is 3.12. The van der Waals surface area contributed by atoms with Crippen LogP contribution in [0.5, 0.6) is 6.01 Å². The number of anilines is 1. The van der Waals surface area contributed by atoms with Crippen molar-refractivity contribution in [2.75, 3.05) is 12.4 Å². The molecule has 1 N–H and O–H groups in total. The van der Waals surface area contributed by atoms with E-state index in [2.05, 4.69) is 25.5 Å². The van der Waals surface area contributed by atoms with Crippen LogP contribution in [0.1, 0.15) is 5.69 Å². The summed E-state index contributed by atoms with van der Waals surface area (Å²) in [5.41, 5.74) is 0.793. The van der Waals surface area contributed by atoms with Crippen LogP contribution >= 0.6 is 11.6 Å². The van der Waals surface area contributed by atoms with E-state index in [4.69, 9.17) is 16.3 Å². The molecule has 0 fully saturated rings. The molecule has 0 aromatic carbocycles. The second-order valence-corrected chi connectivity index (χ2v) is 3.53. The van der Waals surface area contributed by atoms with Gasteiger partial charge in [-0.2, -0.15) is 15.2 Å². The van der Waals surface area contributed by atoms with Gasteiger partial charge in [0.1, 0.15) is 5.02 Å². The highest BCUT2D eigenvalue weighted by Gasteiger charge is 2.05. The summed E-state index contributed by atoms with van der Waals surface area (Å²) >= 11 is 5.94. The number of rotatable bonds is 4. The van der Waals surface area contributed by atoms with Crippen LogP contribution in [0.15, 0.2) is 24.5 Å². The first kappa shape index (κ1) is 11.5. The van der Waals surface area contributed by atoms with Gasteiger partial charge in [-0.15, -0.1) is 0 Å². The number of nitrogens with zero attached hydrogens (tertiary/aromatic N) is 4. The van der Waals surface area contributed by atoms with E-state index >= 15 is 0 Å². The Morgan fingerprint density at radius 3 is 3.06 bits per heavy atom. The van der Waals surface area contributed by atoms with Gasteiger partial charge in [0.15, 0.2) is 5.82 Å². The minimum atomic E-state index is 0.260. The van der Waals surface area contributed by atoms with Crippen molar-refractivity contribution in [3.63, 3.8) is 0 Å². The number of ether oxygens (including phenoxy) is 1. The zero-order chi connectivity index (χ0) is 12.1. The summed E-state index contributed by atoms with van der Waals surface area (Å²) in [6.45, 7) is 0.480. The Balaban J connectivity index is 2.08. The summed E-state index contributed by atoms with van der Waals surface area (Å²) in [6, 6.07) is 3.93. The number of nitrogens with one attached hydrogen (secondary N) is 1. The molecule has 0 aliphatic carbocycles. The van der Waals surface area contributed by atoms with Gasteiger partial charge in [0, 0.05) is 6.20 Å². The molecule has 0 saturated heterocycles. The van der Waals surface area contributed by atoms with Crippen LogP contribution in [0.4, 0.5) is 5.82 Å². The summed E-state index contributed by atoms with van der Waals surface area (Å²) in [6.07, 6.45) is 3.09. The summed E-state index contributed by atoms with van der Waals surface area (Å²) < 4.78 is 4.91. The Morgan fingerprint density at radius 2 is 2.35 bits per heavy atom. The van der Waals surface area contributed by atoms with Crippen molar-refractivity contribution >= 4 is 17.4 Å². The molecule has 0 saturated carbocycles. The second kappa shape index (κ2) is 5.40. The summed E-state index contributed by atoms with van der Waals surface area (Å²) in [5, 5.41) is 11.2. The fourth-order valence-electron chi connectivity index (χ4n) is 1.18. The number of hydrogen-bond acceptors (Lipinski definition) is 6. The first-order valence-corrected chi connectivity index (χ1v) is 5.24. The normalized spacial score (nSPS) is 10.0. The lowest BCUT2D eigenvalue weighted by Crippen LogP contribution is -2.05. The summed E-state index contributed by atoms with van der Waals surface area (Å²) in [7, 11) is 1.50. The molecule has 2 rings (SSSR count). The van der Waals surface area contributed by atoms with E-state index in [9.17, 15) is 0 Å². The molecule has 2 aromatic heterocycles. The fraction of sp³-hybridized carbons (Fsp3) is 0.200. The van der Waals surface area contributed by atoms with Crippen LogP contribution in [0.3, 0.4) is 0 Å². The van der Waals surface area contributed by atoms with Gasteiger partial charge in [-0.3, -0.25) is 0 Å². The van der Waals surface area contributed by atoms with E-state index in [1.807, 2.05) is 12.1 Å². The Labute approximate surface area is 103 Å². The zero-order valence-electron chi connectivity index (χ0n) is 9.09. The molecule has 0 spiro atoms. The number of halogens is 1. The fourth-order valence-corrected chi connectivity index (χ4v) is 1.33. The molecular weight excluding hydrogens is 242 g/mol. The van der Waals surface area contributed by atoms with E-state index in [-0.39, 0.29) is 6.01 Å². The van der Waals surface area contributed by atoms with E-state index in [1.165, 1.54) is 13.3 Å². The average Bonchev–Trinajstić information content (AvgIpc) is 2.39. The third-order valence-corrected chi connectivity index (χ3v) is 2.25. The monoisotopic (exact) mass is 251 g/mol. The van der Waals surface area contributed by atoms with Gasteiger partial charge in [0.2, 0.25) is 0 Å². The maximum atomic E-state index is 5.94.